The zero-order valence-electron chi connectivity index (χ0n) is 15.6. The minimum absolute atomic E-state index is 0.983. The van der Waals surface area contributed by atoms with E-state index in [4.69, 9.17) is 0 Å². The predicted octanol–water partition coefficient (Wildman–Crippen LogP) is 7.94. The second-order valence-corrected chi connectivity index (χ2v) is 8.58. The first kappa shape index (κ1) is 18.9. The molecule has 0 atom stereocenters. The van der Waals surface area contributed by atoms with Crippen molar-refractivity contribution in [2.24, 2.45) is 0 Å². The van der Waals surface area contributed by atoms with Crippen molar-refractivity contribution in [2.45, 2.75) is 21.3 Å². The van der Waals surface area contributed by atoms with Crippen molar-refractivity contribution in [1.82, 2.24) is 0 Å². The Kier molecular flexibility index (Phi) is 6.54. The van der Waals surface area contributed by atoms with Crippen LogP contribution >= 0.6 is 23.5 Å². The molecule has 2 heteroatoms. The number of hydrogen-bond acceptors (Lipinski definition) is 2. The molecule has 0 bridgehead atoms. The van der Waals surface area contributed by atoms with Gasteiger partial charge in [0.25, 0.3) is 0 Å². The Morgan fingerprint density at radius 2 is 0.750 bits per heavy atom. The predicted molar refractivity (Wildman–Crippen MR) is 124 cm³/mol. The zero-order valence-corrected chi connectivity index (χ0v) is 17.3. The highest BCUT2D eigenvalue weighted by Crippen LogP contribution is 2.39. The van der Waals surface area contributed by atoms with Crippen molar-refractivity contribution in [3.05, 3.63) is 120 Å². The average molecular weight is 399 g/mol. The maximum atomic E-state index is 2.25. The Morgan fingerprint density at radius 1 is 0.393 bits per heavy atom. The van der Waals surface area contributed by atoms with Crippen LogP contribution < -0.4 is 0 Å². The minimum atomic E-state index is 0.983. The molecule has 0 aliphatic rings. The highest BCUT2D eigenvalue weighted by Gasteiger charge is 2.10. The standard InChI is InChI=1S/C26H22S2/c1-3-11-21(12-4-1)19-27-25-17-9-7-15-23(25)24-16-8-10-18-26(24)28-20-22-13-5-2-6-14-22/h1-18H,19-20H2. The van der Waals surface area contributed by atoms with Crippen LogP contribution in [0.5, 0.6) is 0 Å². The van der Waals surface area contributed by atoms with Crippen molar-refractivity contribution in [1.29, 1.82) is 0 Å². The highest BCUT2D eigenvalue weighted by atomic mass is 32.2. The van der Waals surface area contributed by atoms with Crippen LogP contribution in [0.25, 0.3) is 11.1 Å². The van der Waals surface area contributed by atoms with Gasteiger partial charge < -0.3 is 0 Å². The third-order valence-corrected chi connectivity index (χ3v) is 6.83. The summed E-state index contributed by atoms with van der Waals surface area (Å²) in [6, 6.07) is 38.9. The Labute approximate surface area is 176 Å². The maximum Gasteiger partial charge on any atom is 0.0232 e. The van der Waals surface area contributed by atoms with Crippen molar-refractivity contribution in [3.63, 3.8) is 0 Å². The van der Waals surface area contributed by atoms with Crippen LogP contribution in [0.4, 0.5) is 0 Å². The molecule has 0 radical (unpaired) electrons. The Bertz CT molecular complexity index is 926. The van der Waals surface area contributed by atoms with Crippen molar-refractivity contribution in [2.75, 3.05) is 0 Å². The van der Waals surface area contributed by atoms with Crippen molar-refractivity contribution >= 4 is 23.5 Å². The average Bonchev–Trinajstić information content (AvgIpc) is 2.78. The first-order valence-corrected chi connectivity index (χ1v) is 11.4. The van der Waals surface area contributed by atoms with E-state index in [0.717, 1.165) is 11.5 Å². The van der Waals surface area contributed by atoms with E-state index in [0.29, 0.717) is 0 Å². The molecule has 0 unspecified atom stereocenters. The molecular formula is C26H22S2. The van der Waals surface area contributed by atoms with Gasteiger partial charge in [0.2, 0.25) is 0 Å². The summed E-state index contributed by atoms with van der Waals surface area (Å²) >= 11 is 3.82. The van der Waals surface area contributed by atoms with Gasteiger partial charge in [0.15, 0.2) is 0 Å². The van der Waals surface area contributed by atoms with Crippen LogP contribution in [-0.2, 0) is 11.5 Å². The molecular weight excluding hydrogens is 376 g/mol. The fourth-order valence-corrected chi connectivity index (χ4v) is 5.15. The topological polar surface area (TPSA) is 0 Å². The van der Waals surface area contributed by atoms with Crippen LogP contribution in [0.1, 0.15) is 11.1 Å². The maximum absolute atomic E-state index is 2.25. The summed E-state index contributed by atoms with van der Waals surface area (Å²) in [4.78, 5) is 2.67. The second-order valence-electron chi connectivity index (χ2n) is 6.54. The van der Waals surface area contributed by atoms with E-state index in [1.807, 2.05) is 23.5 Å². The molecule has 0 saturated heterocycles. The molecule has 0 aliphatic carbocycles. The Morgan fingerprint density at radius 3 is 1.18 bits per heavy atom. The van der Waals surface area contributed by atoms with E-state index in [1.54, 1.807) is 0 Å². The molecule has 0 heterocycles. The van der Waals surface area contributed by atoms with Crippen LogP contribution in [0.15, 0.2) is 119 Å². The van der Waals surface area contributed by atoms with E-state index in [1.165, 1.54) is 32.0 Å². The quantitative estimate of drug-likeness (QED) is 0.290. The lowest BCUT2D eigenvalue weighted by atomic mass is 10.1. The number of hydrogen-bond donors (Lipinski definition) is 0. The zero-order chi connectivity index (χ0) is 19.0. The number of benzene rings is 4. The fraction of sp³-hybridized carbons (Fsp3) is 0.0769. The van der Waals surface area contributed by atoms with Crippen LogP contribution in [0.3, 0.4) is 0 Å². The van der Waals surface area contributed by atoms with E-state index in [9.17, 15) is 0 Å². The van der Waals surface area contributed by atoms with E-state index < -0.39 is 0 Å². The highest BCUT2D eigenvalue weighted by molar-refractivity contribution is 7.99. The third kappa shape index (κ3) is 4.89. The Balaban J connectivity index is 1.57. The van der Waals surface area contributed by atoms with Gasteiger partial charge in [0.05, 0.1) is 0 Å². The molecule has 0 aromatic heterocycles. The minimum Gasteiger partial charge on any atom is -0.121 e. The fourth-order valence-electron chi connectivity index (χ4n) is 3.10. The number of thioether (sulfide) groups is 2. The smallest absolute Gasteiger partial charge is 0.0232 e. The monoisotopic (exact) mass is 398 g/mol. The lowest BCUT2D eigenvalue weighted by Gasteiger charge is -2.13. The summed E-state index contributed by atoms with van der Waals surface area (Å²) in [5.41, 5.74) is 5.35. The number of rotatable bonds is 7. The van der Waals surface area contributed by atoms with Gasteiger partial charge in [-0.3, -0.25) is 0 Å². The van der Waals surface area contributed by atoms with Crippen LogP contribution in [0.2, 0.25) is 0 Å². The summed E-state index contributed by atoms with van der Waals surface area (Å²) < 4.78 is 0. The molecule has 138 valence electrons. The SMILES string of the molecule is c1ccc(CSc2ccccc2-c2ccccc2SCc2ccccc2)cc1. The second kappa shape index (κ2) is 9.68. The summed E-state index contributed by atoms with van der Waals surface area (Å²) in [6.07, 6.45) is 0. The molecule has 0 aliphatic heterocycles. The summed E-state index contributed by atoms with van der Waals surface area (Å²) in [5, 5.41) is 0. The molecule has 0 saturated carbocycles. The van der Waals surface area contributed by atoms with E-state index in [2.05, 4.69) is 109 Å². The molecule has 0 N–H and O–H groups in total. The first-order valence-electron chi connectivity index (χ1n) is 9.42. The molecule has 4 aromatic carbocycles. The first-order chi connectivity index (χ1) is 13.9. The van der Waals surface area contributed by atoms with Crippen molar-refractivity contribution in [3.8, 4) is 11.1 Å². The van der Waals surface area contributed by atoms with Gasteiger partial charge in [-0.25, -0.2) is 0 Å². The van der Waals surface area contributed by atoms with Crippen molar-refractivity contribution < 1.29 is 0 Å². The molecule has 0 fully saturated rings. The summed E-state index contributed by atoms with van der Waals surface area (Å²) in [6.45, 7) is 0. The largest absolute Gasteiger partial charge is 0.121 e. The van der Waals surface area contributed by atoms with Crippen LogP contribution in [-0.4, -0.2) is 0 Å². The lowest BCUT2D eigenvalue weighted by molar-refractivity contribution is 1.34. The van der Waals surface area contributed by atoms with Crippen LogP contribution in [0, 0.1) is 0 Å². The molecule has 0 spiro atoms. The lowest BCUT2D eigenvalue weighted by Crippen LogP contribution is -1.88. The van der Waals surface area contributed by atoms with E-state index >= 15 is 0 Å². The van der Waals surface area contributed by atoms with Gasteiger partial charge in [0.1, 0.15) is 0 Å². The van der Waals surface area contributed by atoms with Gasteiger partial charge >= 0.3 is 0 Å². The summed E-state index contributed by atoms with van der Waals surface area (Å²) in [5.74, 6) is 1.97. The van der Waals surface area contributed by atoms with Gasteiger partial charge in [-0.05, 0) is 34.4 Å². The van der Waals surface area contributed by atoms with Gasteiger partial charge in [-0.2, -0.15) is 0 Å². The molecule has 4 aromatic rings. The molecule has 0 nitrogen and oxygen atoms in total. The molecule has 0 amide bonds. The van der Waals surface area contributed by atoms with Gasteiger partial charge in [-0.1, -0.05) is 97.1 Å². The van der Waals surface area contributed by atoms with E-state index in [-0.39, 0.29) is 0 Å². The molecule has 28 heavy (non-hydrogen) atoms. The summed E-state index contributed by atoms with van der Waals surface area (Å²) in [7, 11) is 0. The normalized spacial score (nSPS) is 10.7. The van der Waals surface area contributed by atoms with Gasteiger partial charge in [-0.15, -0.1) is 23.5 Å². The molecule has 4 rings (SSSR count). The third-order valence-electron chi connectivity index (χ3n) is 4.54. The Hall–Kier alpha value is -2.42. The van der Waals surface area contributed by atoms with Gasteiger partial charge in [0, 0.05) is 21.3 Å².